The van der Waals surface area contributed by atoms with E-state index >= 15 is 0 Å². The van der Waals surface area contributed by atoms with Crippen LogP contribution in [0.1, 0.15) is 24.5 Å². The van der Waals surface area contributed by atoms with E-state index in [2.05, 4.69) is 0 Å². The molecule has 1 heterocycles. The Kier molecular flexibility index (Phi) is 3.79. The van der Waals surface area contributed by atoms with E-state index in [4.69, 9.17) is 4.42 Å². The van der Waals surface area contributed by atoms with Gasteiger partial charge in [0.1, 0.15) is 11.5 Å². The highest BCUT2D eigenvalue weighted by Gasteiger charge is 2.49. The zero-order valence-corrected chi connectivity index (χ0v) is 9.14. The average Bonchev–Trinajstić information content (AvgIpc) is 2.64. The van der Waals surface area contributed by atoms with Crippen LogP contribution >= 0.6 is 0 Å². The van der Waals surface area contributed by atoms with Crippen LogP contribution in [0.25, 0.3) is 0 Å². The van der Waals surface area contributed by atoms with Gasteiger partial charge in [-0.2, -0.15) is 8.78 Å². The fraction of sp³-hybridized carbons (Fsp3) is 0.500. The van der Waals surface area contributed by atoms with Gasteiger partial charge in [-0.1, -0.05) is 0 Å². The molecule has 3 nitrogen and oxygen atoms in total. The highest BCUT2D eigenvalue weighted by atomic mass is 19.3. The molecule has 1 aromatic rings. The summed E-state index contributed by atoms with van der Waals surface area (Å²) in [4.78, 5) is 10.9. The van der Waals surface area contributed by atoms with E-state index in [0.29, 0.717) is 5.76 Å². The number of alkyl halides is 4. The van der Waals surface area contributed by atoms with Crippen LogP contribution in [-0.4, -0.2) is 18.3 Å². The summed E-state index contributed by atoms with van der Waals surface area (Å²) in [5, 5.41) is 1.77. The Morgan fingerprint density at radius 1 is 1.41 bits per heavy atom. The smallest absolute Gasteiger partial charge is 0.383 e. The summed E-state index contributed by atoms with van der Waals surface area (Å²) >= 11 is 0. The number of rotatable bonds is 4. The zero-order chi connectivity index (χ0) is 13.2. The molecule has 0 spiro atoms. The number of carbonyl (C=O) groups is 1. The van der Waals surface area contributed by atoms with Gasteiger partial charge in [-0.3, -0.25) is 4.79 Å². The molecule has 7 heteroatoms. The van der Waals surface area contributed by atoms with Crippen LogP contribution < -0.4 is 5.32 Å². The molecule has 0 saturated carbocycles. The highest BCUT2D eigenvalue weighted by molar-refractivity contribution is 5.84. The first kappa shape index (κ1) is 13.5. The van der Waals surface area contributed by atoms with Gasteiger partial charge in [0.05, 0.1) is 6.04 Å². The molecule has 17 heavy (non-hydrogen) atoms. The molecule has 0 fully saturated rings. The van der Waals surface area contributed by atoms with Gasteiger partial charge >= 0.3 is 12.3 Å². The van der Waals surface area contributed by atoms with Crippen LogP contribution in [0.2, 0.25) is 0 Å². The number of hydrogen-bond donors (Lipinski definition) is 1. The summed E-state index contributed by atoms with van der Waals surface area (Å²) in [5.74, 6) is -5.97. The Morgan fingerprint density at radius 2 is 2.00 bits per heavy atom. The van der Waals surface area contributed by atoms with E-state index in [0.717, 1.165) is 0 Å². The Hall–Kier alpha value is -1.53. The lowest BCUT2D eigenvalue weighted by Crippen LogP contribution is -2.45. The molecule has 0 radical (unpaired) electrons. The first-order valence-corrected chi connectivity index (χ1v) is 4.78. The minimum atomic E-state index is -4.70. The van der Waals surface area contributed by atoms with Crippen molar-refractivity contribution < 1.29 is 26.8 Å². The fourth-order valence-electron chi connectivity index (χ4n) is 1.15. The second-order valence-corrected chi connectivity index (χ2v) is 3.57. The average molecular weight is 253 g/mol. The maximum Gasteiger partial charge on any atom is 0.383 e. The summed E-state index contributed by atoms with van der Waals surface area (Å²) in [6.07, 6.45) is -4.03. The molecule has 0 saturated heterocycles. The molecule has 0 bridgehead atoms. The second kappa shape index (κ2) is 4.77. The van der Waals surface area contributed by atoms with Crippen molar-refractivity contribution in [1.29, 1.82) is 0 Å². The lowest BCUT2D eigenvalue weighted by atomic mass is 10.2. The minimum absolute atomic E-state index is 0.223. The van der Waals surface area contributed by atoms with Crippen molar-refractivity contribution >= 4 is 5.91 Å². The molecule has 1 unspecified atom stereocenters. The largest absolute Gasteiger partial charge is 0.464 e. The van der Waals surface area contributed by atoms with E-state index in [9.17, 15) is 22.4 Å². The number of aryl methyl sites for hydroxylation is 1. The summed E-state index contributed by atoms with van der Waals surface area (Å²) < 4.78 is 54.1. The Balaban J connectivity index is 2.69. The molecular weight excluding hydrogens is 242 g/mol. The predicted molar refractivity (Wildman–Crippen MR) is 51.0 cm³/mol. The predicted octanol–water partition coefficient (Wildman–Crippen LogP) is 2.67. The molecular formula is C10H11F4NO2. The van der Waals surface area contributed by atoms with E-state index in [-0.39, 0.29) is 5.76 Å². The van der Waals surface area contributed by atoms with Gasteiger partial charge in [-0.05, 0) is 26.0 Å². The lowest BCUT2D eigenvalue weighted by molar-refractivity contribution is -0.170. The van der Waals surface area contributed by atoms with Crippen molar-refractivity contribution in [3.63, 3.8) is 0 Å². The number of halogens is 4. The van der Waals surface area contributed by atoms with Gasteiger partial charge in [0.15, 0.2) is 0 Å². The number of hydrogen-bond acceptors (Lipinski definition) is 2. The molecule has 1 atom stereocenters. The van der Waals surface area contributed by atoms with Crippen molar-refractivity contribution in [2.75, 3.05) is 0 Å². The number of carbonyl (C=O) groups excluding carboxylic acids is 1. The molecule has 1 aromatic heterocycles. The normalized spacial score (nSPS) is 13.8. The SMILES string of the molecule is Cc1ccc(C(C)NC(=O)C(F)(F)C(F)F)o1. The number of amides is 1. The van der Waals surface area contributed by atoms with Crippen molar-refractivity contribution in [2.45, 2.75) is 32.2 Å². The van der Waals surface area contributed by atoms with Crippen molar-refractivity contribution in [3.05, 3.63) is 23.7 Å². The van der Waals surface area contributed by atoms with Crippen LogP contribution in [0.15, 0.2) is 16.5 Å². The van der Waals surface area contributed by atoms with Gasteiger partial charge < -0.3 is 9.73 Å². The molecule has 0 aromatic carbocycles. The molecule has 0 aliphatic carbocycles. The van der Waals surface area contributed by atoms with Gasteiger partial charge in [-0.25, -0.2) is 8.78 Å². The second-order valence-electron chi connectivity index (χ2n) is 3.57. The summed E-state index contributed by atoms with van der Waals surface area (Å²) in [7, 11) is 0. The summed E-state index contributed by atoms with van der Waals surface area (Å²) in [6.45, 7) is 2.99. The third-order valence-corrected chi connectivity index (χ3v) is 2.11. The zero-order valence-electron chi connectivity index (χ0n) is 9.14. The third-order valence-electron chi connectivity index (χ3n) is 2.11. The quantitative estimate of drug-likeness (QED) is 0.838. The maximum atomic E-state index is 12.6. The van der Waals surface area contributed by atoms with Crippen molar-refractivity contribution in [1.82, 2.24) is 5.32 Å². The first-order valence-electron chi connectivity index (χ1n) is 4.78. The Labute approximate surface area is 94.8 Å². The third kappa shape index (κ3) is 2.98. The van der Waals surface area contributed by atoms with Gasteiger partial charge in [0.2, 0.25) is 0 Å². The van der Waals surface area contributed by atoms with Gasteiger partial charge in [0, 0.05) is 0 Å². The van der Waals surface area contributed by atoms with Crippen LogP contribution in [0, 0.1) is 6.92 Å². The molecule has 96 valence electrons. The van der Waals surface area contributed by atoms with Gasteiger partial charge in [-0.15, -0.1) is 0 Å². The lowest BCUT2D eigenvalue weighted by Gasteiger charge is -2.17. The minimum Gasteiger partial charge on any atom is -0.464 e. The molecule has 1 N–H and O–H groups in total. The number of nitrogens with one attached hydrogen (secondary N) is 1. The van der Waals surface area contributed by atoms with Crippen LogP contribution in [-0.2, 0) is 4.79 Å². The molecule has 0 aliphatic rings. The summed E-state index contributed by atoms with van der Waals surface area (Å²) in [6, 6.07) is 2.14. The fourth-order valence-corrected chi connectivity index (χ4v) is 1.15. The van der Waals surface area contributed by atoms with E-state index in [1.54, 1.807) is 18.3 Å². The first-order chi connectivity index (χ1) is 7.75. The monoisotopic (exact) mass is 253 g/mol. The number of furan rings is 1. The van der Waals surface area contributed by atoms with Gasteiger partial charge in [0.25, 0.3) is 5.91 Å². The van der Waals surface area contributed by atoms with Crippen molar-refractivity contribution in [3.8, 4) is 0 Å². The van der Waals surface area contributed by atoms with E-state index < -0.39 is 24.3 Å². The summed E-state index contributed by atoms with van der Waals surface area (Å²) in [5.41, 5.74) is 0. The Bertz CT molecular complexity index is 403. The molecule has 0 aliphatic heterocycles. The van der Waals surface area contributed by atoms with Crippen LogP contribution in [0.3, 0.4) is 0 Å². The highest BCUT2D eigenvalue weighted by Crippen LogP contribution is 2.24. The van der Waals surface area contributed by atoms with E-state index in [1.165, 1.54) is 13.0 Å². The van der Waals surface area contributed by atoms with E-state index in [1.807, 2.05) is 0 Å². The topological polar surface area (TPSA) is 42.2 Å². The molecule has 1 amide bonds. The standard InChI is InChI=1S/C10H11F4NO2/c1-5-3-4-7(17-5)6(2)15-9(16)10(13,14)8(11)12/h3-4,6,8H,1-2H3,(H,15,16). The molecule has 1 rings (SSSR count). The Morgan fingerprint density at radius 3 is 2.41 bits per heavy atom. The maximum absolute atomic E-state index is 12.6. The van der Waals surface area contributed by atoms with Crippen molar-refractivity contribution in [2.24, 2.45) is 0 Å². The van der Waals surface area contributed by atoms with Crippen LogP contribution in [0.5, 0.6) is 0 Å². The van der Waals surface area contributed by atoms with Crippen LogP contribution in [0.4, 0.5) is 17.6 Å².